The highest BCUT2D eigenvalue weighted by Crippen LogP contribution is 2.32. The normalized spacial score (nSPS) is 12.4. The molecule has 2 aromatic carbocycles. The molecule has 6 nitrogen and oxygen atoms in total. The van der Waals surface area contributed by atoms with Crippen molar-refractivity contribution in [2.24, 2.45) is 0 Å². The number of aromatic nitrogens is 3. The Labute approximate surface area is 182 Å². The number of carbonyl (C=O) groups is 1. The van der Waals surface area contributed by atoms with Crippen molar-refractivity contribution in [3.05, 3.63) is 59.7 Å². The topological polar surface area (TPSA) is 83.0 Å². The van der Waals surface area contributed by atoms with Crippen LogP contribution in [0.25, 0.3) is 27.9 Å². The first-order valence-corrected chi connectivity index (χ1v) is 10.9. The second-order valence-electron chi connectivity index (χ2n) is 7.87. The molecule has 0 saturated carbocycles. The van der Waals surface area contributed by atoms with Gasteiger partial charge in [0, 0.05) is 5.69 Å². The molecule has 0 aliphatic rings. The average molecular weight is 417 g/mol. The van der Waals surface area contributed by atoms with Gasteiger partial charge in [-0.1, -0.05) is 44.5 Å². The first kappa shape index (κ1) is 20.8. The van der Waals surface area contributed by atoms with Crippen molar-refractivity contribution in [3.63, 3.8) is 0 Å². The molecule has 2 aromatic heterocycles. The van der Waals surface area contributed by atoms with Crippen LogP contribution >= 0.6 is 0 Å². The lowest BCUT2D eigenvalue weighted by Gasteiger charge is -2.11. The summed E-state index contributed by atoms with van der Waals surface area (Å²) in [6, 6.07) is 15.8. The average Bonchev–Trinajstić information content (AvgIpc) is 3.07. The van der Waals surface area contributed by atoms with Gasteiger partial charge in [-0.15, -0.1) is 0 Å². The molecular weight excluding hydrogens is 388 g/mol. The van der Waals surface area contributed by atoms with Gasteiger partial charge in [0.15, 0.2) is 5.65 Å². The fourth-order valence-corrected chi connectivity index (χ4v) is 3.64. The quantitative estimate of drug-likeness (QED) is 0.405. The number of benzene rings is 2. The van der Waals surface area contributed by atoms with Crippen LogP contribution in [0.4, 0.5) is 5.82 Å². The standard InChI is InChI=1S/C25H28N4O2/c1-4-6-9-17-12-14-18(15-13-17)29-23(26)21(25(30)31-16(3)5-2)22-24(29)28-20-11-8-7-10-19(20)27-22/h7-8,10-16H,4-6,9,26H2,1-3H3/t16-/m1/s1. The fraction of sp³-hybridized carbons (Fsp3) is 0.320. The van der Waals surface area contributed by atoms with E-state index in [1.807, 2.05) is 50.2 Å². The Morgan fingerprint density at radius 3 is 2.39 bits per heavy atom. The molecule has 2 heterocycles. The number of hydrogen-bond acceptors (Lipinski definition) is 5. The van der Waals surface area contributed by atoms with E-state index in [2.05, 4.69) is 19.1 Å². The molecule has 6 heteroatoms. The van der Waals surface area contributed by atoms with Gasteiger partial charge in [-0.25, -0.2) is 14.8 Å². The highest BCUT2D eigenvalue weighted by atomic mass is 16.5. The molecule has 0 aliphatic heterocycles. The van der Waals surface area contributed by atoms with Crippen LogP contribution in [0.15, 0.2) is 48.5 Å². The first-order chi connectivity index (χ1) is 15.0. The Morgan fingerprint density at radius 1 is 1.06 bits per heavy atom. The Balaban J connectivity index is 1.90. The Kier molecular flexibility index (Phi) is 5.89. The molecule has 0 spiro atoms. The number of carbonyl (C=O) groups excluding carboxylic acids is 1. The van der Waals surface area contributed by atoms with Crippen LogP contribution in [0.1, 0.15) is 56.0 Å². The van der Waals surface area contributed by atoms with Crippen LogP contribution in [-0.2, 0) is 11.2 Å². The third-order valence-corrected chi connectivity index (χ3v) is 5.60. The maximum atomic E-state index is 13.0. The van der Waals surface area contributed by atoms with Crippen LogP contribution in [0, 0.1) is 0 Å². The zero-order valence-electron chi connectivity index (χ0n) is 18.3. The van der Waals surface area contributed by atoms with E-state index in [-0.39, 0.29) is 11.7 Å². The van der Waals surface area contributed by atoms with Crippen molar-refractivity contribution in [1.82, 2.24) is 14.5 Å². The zero-order chi connectivity index (χ0) is 22.0. The molecule has 0 radical (unpaired) electrons. The van der Waals surface area contributed by atoms with Gasteiger partial charge >= 0.3 is 5.97 Å². The van der Waals surface area contributed by atoms with Gasteiger partial charge in [-0.3, -0.25) is 4.57 Å². The number of rotatable bonds is 7. The zero-order valence-corrected chi connectivity index (χ0v) is 18.3. The smallest absolute Gasteiger partial charge is 0.344 e. The van der Waals surface area contributed by atoms with E-state index in [1.54, 1.807) is 4.57 Å². The molecule has 4 aromatic rings. The molecule has 31 heavy (non-hydrogen) atoms. The number of anilines is 1. The van der Waals surface area contributed by atoms with Crippen molar-refractivity contribution in [3.8, 4) is 5.69 Å². The summed E-state index contributed by atoms with van der Waals surface area (Å²) in [6.07, 6.45) is 3.85. The van der Waals surface area contributed by atoms with Crippen LogP contribution in [0.3, 0.4) is 0 Å². The highest BCUT2D eigenvalue weighted by molar-refractivity contribution is 6.09. The van der Waals surface area contributed by atoms with Crippen LogP contribution < -0.4 is 5.73 Å². The summed E-state index contributed by atoms with van der Waals surface area (Å²) in [7, 11) is 0. The first-order valence-electron chi connectivity index (χ1n) is 10.9. The number of esters is 1. The maximum Gasteiger partial charge on any atom is 0.344 e. The lowest BCUT2D eigenvalue weighted by atomic mass is 10.1. The van der Waals surface area contributed by atoms with E-state index in [0.717, 1.165) is 36.9 Å². The summed E-state index contributed by atoms with van der Waals surface area (Å²) in [5.41, 5.74) is 11.4. The Morgan fingerprint density at radius 2 is 1.74 bits per heavy atom. The lowest BCUT2D eigenvalue weighted by Crippen LogP contribution is -2.15. The number of hydrogen-bond donors (Lipinski definition) is 1. The highest BCUT2D eigenvalue weighted by Gasteiger charge is 2.26. The maximum absolute atomic E-state index is 13.0. The molecule has 0 fully saturated rings. The number of para-hydroxylation sites is 2. The summed E-state index contributed by atoms with van der Waals surface area (Å²) < 4.78 is 7.40. The number of ether oxygens (including phenoxy) is 1. The van der Waals surface area contributed by atoms with Gasteiger partial charge in [0.05, 0.1) is 17.1 Å². The van der Waals surface area contributed by atoms with Gasteiger partial charge in [-0.2, -0.15) is 0 Å². The van der Waals surface area contributed by atoms with E-state index in [0.29, 0.717) is 22.5 Å². The summed E-state index contributed by atoms with van der Waals surface area (Å²) in [5, 5.41) is 0. The Hall–Kier alpha value is -3.41. The summed E-state index contributed by atoms with van der Waals surface area (Å²) in [5.74, 6) is -0.181. The number of fused-ring (bicyclic) bond motifs is 2. The number of unbranched alkanes of at least 4 members (excludes halogenated alkanes) is 1. The lowest BCUT2D eigenvalue weighted by molar-refractivity contribution is 0.0338. The van der Waals surface area contributed by atoms with Gasteiger partial charge in [0.1, 0.15) is 16.9 Å². The number of nitrogen functional groups attached to an aromatic ring is 1. The van der Waals surface area contributed by atoms with Crippen molar-refractivity contribution in [2.45, 2.75) is 52.6 Å². The fourth-order valence-electron chi connectivity index (χ4n) is 3.64. The largest absolute Gasteiger partial charge is 0.459 e. The predicted molar refractivity (Wildman–Crippen MR) is 125 cm³/mol. The number of nitrogens with zero attached hydrogens (tertiary/aromatic N) is 3. The third kappa shape index (κ3) is 3.98. The molecule has 0 aliphatic carbocycles. The van der Waals surface area contributed by atoms with E-state index in [4.69, 9.17) is 20.4 Å². The minimum Gasteiger partial charge on any atom is -0.459 e. The van der Waals surface area contributed by atoms with Gasteiger partial charge in [0.25, 0.3) is 0 Å². The molecule has 4 rings (SSSR count). The van der Waals surface area contributed by atoms with Crippen LogP contribution in [0.5, 0.6) is 0 Å². The molecule has 160 valence electrons. The van der Waals surface area contributed by atoms with Crippen molar-refractivity contribution in [2.75, 3.05) is 5.73 Å². The molecule has 0 saturated heterocycles. The van der Waals surface area contributed by atoms with Crippen LogP contribution in [-0.4, -0.2) is 26.6 Å². The van der Waals surface area contributed by atoms with Crippen molar-refractivity contribution >= 4 is 34.0 Å². The van der Waals surface area contributed by atoms with Gasteiger partial charge < -0.3 is 10.5 Å². The van der Waals surface area contributed by atoms with E-state index < -0.39 is 5.97 Å². The number of aryl methyl sites for hydroxylation is 1. The number of nitrogens with two attached hydrogens (primary N) is 1. The van der Waals surface area contributed by atoms with Crippen LogP contribution in [0.2, 0.25) is 0 Å². The summed E-state index contributed by atoms with van der Waals surface area (Å²) in [6.45, 7) is 6.02. The van der Waals surface area contributed by atoms with Gasteiger partial charge in [-0.05, 0) is 56.0 Å². The molecule has 0 unspecified atom stereocenters. The van der Waals surface area contributed by atoms with Gasteiger partial charge in [0.2, 0.25) is 0 Å². The molecule has 1 atom stereocenters. The monoisotopic (exact) mass is 416 g/mol. The minimum absolute atomic E-state index is 0.212. The SMILES string of the molecule is CCCCc1ccc(-n2c(N)c(C(=O)O[C@H](C)CC)c3nc4ccccc4nc32)cc1. The van der Waals surface area contributed by atoms with E-state index in [9.17, 15) is 4.79 Å². The molecular formula is C25H28N4O2. The van der Waals surface area contributed by atoms with E-state index in [1.165, 1.54) is 5.56 Å². The molecule has 0 bridgehead atoms. The predicted octanol–water partition coefficient (Wildman–Crippen LogP) is 5.45. The van der Waals surface area contributed by atoms with Crippen molar-refractivity contribution < 1.29 is 9.53 Å². The Bertz CT molecular complexity index is 1230. The summed E-state index contributed by atoms with van der Waals surface area (Å²) in [4.78, 5) is 22.6. The molecule has 2 N–H and O–H groups in total. The summed E-state index contributed by atoms with van der Waals surface area (Å²) >= 11 is 0. The van der Waals surface area contributed by atoms with E-state index >= 15 is 0 Å². The van der Waals surface area contributed by atoms with Crippen molar-refractivity contribution in [1.29, 1.82) is 0 Å². The minimum atomic E-state index is -0.472. The third-order valence-electron chi connectivity index (χ3n) is 5.60. The second-order valence-corrected chi connectivity index (χ2v) is 7.87. The second kappa shape index (κ2) is 8.76. The molecule has 0 amide bonds.